The fraction of sp³-hybridized carbons (Fsp3) is 1.00. The zero-order valence-electron chi connectivity index (χ0n) is 8.29. The molecule has 0 radical (unpaired) electrons. The second kappa shape index (κ2) is 5.52. The van der Waals surface area contributed by atoms with Gasteiger partial charge in [-0.2, -0.15) is 5.06 Å². The minimum Gasteiger partial charge on any atom is -0.308 e. The highest BCUT2D eigenvalue weighted by atomic mass is 16.7. The fourth-order valence-electron chi connectivity index (χ4n) is 0.974. The first kappa shape index (κ1) is 10.9. The summed E-state index contributed by atoms with van der Waals surface area (Å²) in [6.45, 7) is 5.92. The molecule has 0 spiro atoms. The molecule has 0 aliphatic rings. The van der Waals surface area contributed by atoms with Crippen LogP contribution < -0.4 is 0 Å². The molecular formula is C8H20N2O. The van der Waals surface area contributed by atoms with Gasteiger partial charge < -0.3 is 4.90 Å². The first-order chi connectivity index (χ1) is 5.07. The molecule has 0 heterocycles. The van der Waals surface area contributed by atoms with E-state index in [1.54, 1.807) is 0 Å². The normalized spacial score (nSPS) is 14.5. The van der Waals surface area contributed by atoms with Gasteiger partial charge in [0.25, 0.3) is 0 Å². The number of hydrogen-bond donors (Lipinski definition) is 0. The minimum absolute atomic E-state index is 0.449. The van der Waals surface area contributed by atoms with Gasteiger partial charge >= 0.3 is 0 Å². The predicted molar refractivity (Wildman–Crippen MR) is 47.4 cm³/mol. The van der Waals surface area contributed by atoms with E-state index in [-0.39, 0.29) is 0 Å². The van der Waals surface area contributed by atoms with E-state index in [1.807, 2.05) is 19.0 Å². The Hall–Kier alpha value is -0.120. The van der Waals surface area contributed by atoms with Gasteiger partial charge in [0.1, 0.15) is 0 Å². The van der Waals surface area contributed by atoms with E-state index in [0.717, 1.165) is 13.2 Å². The Morgan fingerprint density at radius 3 is 2.18 bits per heavy atom. The van der Waals surface area contributed by atoms with Crippen molar-refractivity contribution in [3.8, 4) is 0 Å². The summed E-state index contributed by atoms with van der Waals surface area (Å²) in [5, 5.41) is 1.90. The average molecular weight is 160 g/mol. The molecule has 3 nitrogen and oxygen atoms in total. The van der Waals surface area contributed by atoms with E-state index in [2.05, 4.69) is 25.9 Å². The van der Waals surface area contributed by atoms with Crippen molar-refractivity contribution in [2.45, 2.75) is 19.9 Å². The van der Waals surface area contributed by atoms with Gasteiger partial charge in [0.15, 0.2) is 0 Å². The lowest BCUT2D eigenvalue weighted by Gasteiger charge is -2.25. The molecule has 0 bridgehead atoms. The van der Waals surface area contributed by atoms with E-state index in [1.165, 1.54) is 0 Å². The molecule has 68 valence electrons. The van der Waals surface area contributed by atoms with Crippen LogP contribution in [-0.4, -0.2) is 50.3 Å². The van der Waals surface area contributed by atoms with E-state index in [4.69, 9.17) is 4.84 Å². The van der Waals surface area contributed by atoms with Crippen molar-refractivity contribution in [1.82, 2.24) is 9.96 Å². The highest BCUT2D eigenvalue weighted by Crippen LogP contribution is 1.96. The molecular weight excluding hydrogens is 140 g/mol. The second-order valence-corrected chi connectivity index (χ2v) is 3.08. The molecule has 0 aliphatic carbocycles. The highest BCUT2D eigenvalue weighted by molar-refractivity contribution is 4.58. The molecule has 0 aromatic carbocycles. The smallest absolute Gasteiger partial charge is 0.0656 e. The van der Waals surface area contributed by atoms with Gasteiger partial charge in [-0.1, -0.05) is 0 Å². The Morgan fingerprint density at radius 1 is 1.27 bits per heavy atom. The molecule has 0 aromatic heterocycles. The monoisotopic (exact) mass is 160 g/mol. The van der Waals surface area contributed by atoms with Crippen LogP contribution in [0.15, 0.2) is 0 Å². The van der Waals surface area contributed by atoms with Gasteiger partial charge in [-0.05, 0) is 27.9 Å². The molecule has 0 rings (SSSR count). The average Bonchev–Trinajstić information content (AvgIpc) is 1.86. The van der Waals surface area contributed by atoms with Crippen LogP contribution in [0.5, 0.6) is 0 Å². The summed E-state index contributed by atoms with van der Waals surface area (Å²) in [5.41, 5.74) is 0. The maximum Gasteiger partial charge on any atom is 0.0656 e. The van der Waals surface area contributed by atoms with Crippen molar-refractivity contribution in [3.05, 3.63) is 0 Å². The third-order valence-electron chi connectivity index (χ3n) is 1.58. The highest BCUT2D eigenvalue weighted by Gasteiger charge is 2.08. The van der Waals surface area contributed by atoms with Crippen LogP contribution in [0.25, 0.3) is 0 Å². The van der Waals surface area contributed by atoms with Crippen molar-refractivity contribution in [2.24, 2.45) is 0 Å². The summed E-state index contributed by atoms with van der Waals surface area (Å²) in [7, 11) is 6.10. The molecule has 0 N–H and O–H groups in total. The predicted octanol–water partition coefficient (Wildman–Crippen LogP) is 0.820. The molecule has 11 heavy (non-hydrogen) atoms. The van der Waals surface area contributed by atoms with Crippen LogP contribution in [-0.2, 0) is 4.84 Å². The van der Waals surface area contributed by atoms with Gasteiger partial charge in [0.2, 0.25) is 0 Å². The maximum atomic E-state index is 5.31. The van der Waals surface area contributed by atoms with Crippen molar-refractivity contribution < 1.29 is 4.84 Å². The zero-order valence-corrected chi connectivity index (χ0v) is 8.29. The lowest BCUT2D eigenvalue weighted by molar-refractivity contribution is -0.161. The molecule has 1 unspecified atom stereocenters. The first-order valence-corrected chi connectivity index (χ1v) is 4.08. The van der Waals surface area contributed by atoms with Crippen LogP contribution >= 0.6 is 0 Å². The number of rotatable bonds is 5. The standard InChI is InChI=1S/C8H20N2O/c1-6-11-10(5)8(2)7-9(3)4/h8H,6-7H2,1-5H3. The lowest BCUT2D eigenvalue weighted by Crippen LogP contribution is -2.37. The lowest BCUT2D eigenvalue weighted by atomic mass is 10.3. The molecule has 0 saturated carbocycles. The summed E-state index contributed by atoms with van der Waals surface area (Å²) in [6, 6.07) is 0.449. The van der Waals surface area contributed by atoms with Crippen molar-refractivity contribution in [1.29, 1.82) is 0 Å². The van der Waals surface area contributed by atoms with Crippen LogP contribution in [0.1, 0.15) is 13.8 Å². The van der Waals surface area contributed by atoms with Crippen molar-refractivity contribution in [2.75, 3.05) is 34.3 Å². The quantitative estimate of drug-likeness (QED) is 0.554. The Balaban J connectivity index is 3.54. The topological polar surface area (TPSA) is 15.7 Å². The Labute approximate surface area is 69.9 Å². The van der Waals surface area contributed by atoms with E-state index in [9.17, 15) is 0 Å². The van der Waals surface area contributed by atoms with Gasteiger partial charge in [-0.3, -0.25) is 4.84 Å². The molecule has 0 aliphatic heterocycles. The summed E-state index contributed by atoms with van der Waals surface area (Å²) in [6.07, 6.45) is 0. The van der Waals surface area contributed by atoms with Gasteiger partial charge in [0.05, 0.1) is 6.61 Å². The summed E-state index contributed by atoms with van der Waals surface area (Å²) >= 11 is 0. The summed E-state index contributed by atoms with van der Waals surface area (Å²) < 4.78 is 0. The number of hydrogen-bond acceptors (Lipinski definition) is 3. The summed E-state index contributed by atoms with van der Waals surface area (Å²) in [5.74, 6) is 0. The van der Waals surface area contributed by atoms with Gasteiger partial charge in [-0.25, -0.2) is 0 Å². The molecule has 3 heteroatoms. The second-order valence-electron chi connectivity index (χ2n) is 3.08. The van der Waals surface area contributed by atoms with E-state index < -0.39 is 0 Å². The van der Waals surface area contributed by atoms with Crippen LogP contribution in [0, 0.1) is 0 Å². The SMILES string of the molecule is CCON(C)C(C)CN(C)C. The maximum absolute atomic E-state index is 5.31. The largest absolute Gasteiger partial charge is 0.308 e. The first-order valence-electron chi connectivity index (χ1n) is 4.08. The third kappa shape index (κ3) is 5.18. The molecule has 0 fully saturated rings. The van der Waals surface area contributed by atoms with Crippen LogP contribution in [0.3, 0.4) is 0 Å². The van der Waals surface area contributed by atoms with Crippen molar-refractivity contribution in [3.63, 3.8) is 0 Å². The Bertz CT molecular complexity index is 96.1. The number of likely N-dealkylation sites (N-methyl/N-ethyl adjacent to an activating group) is 2. The third-order valence-corrected chi connectivity index (χ3v) is 1.58. The fourth-order valence-corrected chi connectivity index (χ4v) is 0.974. The number of hydroxylamine groups is 2. The number of nitrogens with zero attached hydrogens (tertiary/aromatic N) is 2. The van der Waals surface area contributed by atoms with Crippen molar-refractivity contribution >= 4 is 0 Å². The van der Waals surface area contributed by atoms with Gasteiger partial charge in [0, 0.05) is 19.6 Å². The minimum atomic E-state index is 0.449. The van der Waals surface area contributed by atoms with E-state index in [0.29, 0.717) is 6.04 Å². The Morgan fingerprint density at radius 2 is 1.82 bits per heavy atom. The van der Waals surface area contributed by atoms with Crippen LogP contribution in [0.4, 0.5) is 0 Å². The summed E-state index contributed by atoms with van der Waals surface area (Å²) in [4.78, 5) is 7.46. The Kier molecular flexibility index (Phi) is 5.46. The molecule has 0 amide bonds. The zero-order chi connectivity index (χ0) is 8.85. The van der Waals surface area contributed by atoms with E-state index >= 15 is 0 Å². The van der Waals surface area contributed by atoms with Gasteiger partial charge in [-0.15, -0.1) is 0 Å². The molecule has 0 aromatic rings. The molecule has 1 atom stereocenters. The molecule has 0 saturated heterocycles. The van der Waals surface area contributed by atoms with Crippen LogP contribution in [0.2, 0.25) is 0 Å².